The molecular weight excluding hydrogens is 500 g/mol. The summed E-state index contributed by atoms with van der Waals surface area (Å²) in [6, 6.07) is 5.96. The van der Waals surface area contributed by atoms with Crippen LogP contribution in [0.5, 0.6) is 0 Å². The number of ether oxygens (including phenoxy) is 2. The molecule has 3 rings (SSSR count). The number of nitro benzene ring substituents is 1. The molecule has 0 spiro atoms. The van der Waals surface area contributed by atoms with Gasteiger partial charge in [0.25, 0.3) is 5.69 Å². The number of piperazine rings is 1. The Labute approximate surface area is 230 Å². The number of quaternary nitrogens is 1. The molecule has 212 valence electrons. The first-order valence-corrected chi connectivity index (χ1v) is 13.2. The van der Waals surface area contributed by atoms with Crippen LogP contribution in [0.4, 0.5) is 5.69 Å². The quantitative estimate of drug-likeness (QED) is 0.158. The standard InChI is InChI=1S/C29H40N4O6/c1-8-14-33(6)15-12-31(13-16-33)18-29(4,5)19-39-28(35)25-21(3)30-20(2)24(27(34)38-7)26(25)22-10-9-11-23(17-22)32(36)37/h8-11,17,26H,1,12-16,18-19H2,2-7H3/p+1. The van der Waals surface area contributed by atoms with E-state index in [4.69, 9.17) is 9.47 Å². The number of esters is 2. The van der Waals surface area contributed by atoms with Crippen molar-refractivity contribution in [1.82, 2.24) is 10.2 Å². The first kappa shape index (κ1) is 30.0. The van der Waals surface area contributed by atoms with Crippen LogP contribution >= 0.6 is 0 Å². The van der Waals surface area contributed by atoms with E-state index in [9.17, 15) is 19.7 Å². The maximum Gasteiger partial charge on any atom is 0.336 e. The Morgan fingerprint density at radius 1 is 1.21 bits per heavy atom. The number of non-ortho nitro benzene ring substituents is 1. The topological polar surface area (TPSA) is 111 Å². The SMILES string of the molecule is C=CC[N+]1(C)CCN(CC(C)(C)COC(=O)C2=C(C)NC(C)=C(C(=O)OC)C2c2cccc([N+](=O)[O-])c2)CC1. The molecule has 1 N–H and O–H groups in total. The smallest absolute Gasteiger partial charge is 0.336 e. The molecule has 1 unspecified atom stereocenters. The van der Waals surface area contributed by atoms with Crippen LogP contribution in [0.15, 0.2) is 59.5 Å². The molecule has 2 heterocycles. The number of likely N-dealkylation sites (N-methyl/N-ethyl adjacent to an activating group) is 1. The van der Waals surface area contributed by atoms with Gasteiger partial charge in [-0.05, 0) is 25.5 Å². The van der Waals surface area contributed by atoms with Crippen LogP contribution in [-0.4, -0.2) is 86.3 Å². The number of carbonyl (C=O) groups is 2. The highest BCUT2D eigenvalue weighted by Crippen LogP contribution is 2.40. The van der Waals surface area contributed by atoms with Gasteiger partial charge in [-0.2, -0.15) is 0 Å². The van der Waals surface area contributed by atoms with E-state index in [1.54, 1.807) is 26.0 Å². The lowest BCUT2D eigenvalue weighted by Crippen LogP contribution is -2.58. The summed E-state index contributed by atoms with van der Waals surface area (Å²) in [4.78, 5) is 39.8. The zero-order chi connectivity index (χ0) is 29.0. The van der Waals surface area contributed by atoms with E-state index in [0.29, 0.717) is 17.0 Å². The molecule has 1 fully saturated rings. The van der Waals surface area contributed by atoms with Crippen LogP contribution in [0, 0.1) is 15.5 Å². The number of nitrogens with one attached hydrogen (secondary N) is 1. The minimum Gasteiger partial charge on any atom is -0.466 e. The zero-order valence-corrected chi connectivity index (χ0v) is 23.9. The largest absolute Gasteiger partial charge is 0.466 e. The van der Waals surface area contributed by atoms with Gasteiger partial charge < -0.3 is 19.3 Å². The number of nitrogens with zero attached hydrogens (tertiary/aromatic N) is 3. The van der Waals surface area contributed by atoms with Crippen molar-refractivity contribution in [2.45, 2.75) is 33.6 Å². The molecule has 0 radical (unpaired) electrons. The van der Waals surface area contributed by atoms with Crippen LogP contribution in [-0.2, 0) is 19.1 Å². The molecule has 2 aliphatic heterocycles. The fraction of sp³-hybridized carbons (Fsp3) is 0.517. The van der Waals surface area contributed by atoms with E-state index >= 15 is 0 Å². The lowest BCUT2D eigenvalue weighted by atomic mass is 9.80. The summed E-state index contributed by atoms with van der Waals surface area (Å²) < 4.78 is 11.9. The first-order valence-electron chi connectivity index (χ1n) is 13.2. The summed E-state index contributed by atoms with van der Waals surface area (Å²) >= 11 is 0. The number of carbonyl (C=O) groups excluding carboxylic acids is 2. The molecule has 0 bridgehead atoms. The van der Waals surface area contributed by atoms with Gasteiger partial charge in [-0.25, -0.2) is 9.59 Å². The number of allylic oxidation sites excluding steroid dienone is 2. The zero-order valence-electron chi connectivity index (χ0n) is 23.9. The molecular formula is C29H41N4O6+. The molecule has 0 aromatic heterocycles. The van der Waals surface area contributed by atoms with Crippen molar-refractivity contribution in [3.8, 4) is 0 Å². The number of nitro groups is 1. The highest BCUT2D eigenvalue weighted by molar-refractivity contribution is 5.99. The Balaban J connectivity index is 1.81. The molecule has 39 heavy (non-hydrogen) atoms. The van der Waals surface area contributed by atoms with E-state index in [1.807, 2.05) is 6.08 Å². The van der Waals surface area contributed by atoms with Gasteiger partial charge in [-0.15, -0.1) is 0 Å². The van der Waals surface area contributed by atoms with Gasteiger partial charge >= 0.3 is 11.9 Å². The molecule has 1 aromatic carbocycles. The summed E-state index contributed by atoms with van der Waals surface area (Å²) in [6.07, 6.45) is 1.97. The predicted octanol–water partition coefficient (Wildman–Crippen LogP) is 3.52. The van der Waals surface area contributed by atoms with Crippen LogP contribution in [0.25, 0.3) is 0 Å². The Hall–Kier alpha value is -3.50. The Kier molecular flexibility index (Phi) is 9.34. The first-order chi connectivity index (χ1) is 18.3. The predicted molar refractivity (Wildman–Crippen MR) is 149 cm³/mol. The maximum atomic E-state index is 13.6. The van der Waals surface area contributed by atoms with Gasteiger partial charge in [-0.1, -0.05) is 32.6 Å². The molecule has 1 atom stereocenters. The molecule has 0 saturated carbocycles. The molecule has 2 aliphatic rings. The van der Waals surface area contributed by atoms with Crippen molar-refractivity contribution in [3.05, 3.63) is 75.1 Å². The third-order valence-corrected chi connectivity index (χ3v) is 7.53. The third kappa shape index (κ3) is 7.13. The van der Waals surface area contributed by atoms with Crippen molar-refractivity contribution < 1.29 is 28.5 Å². The van der Waals surface area contributed by atoms with Crippen molar-refractivity contribution in [1.29, 1.82) is 0 Å². The lowest BCUT2D eigenvalue weighted by molar-refractivity contribution is -0.908. The second-order valence-electron chi connectivity index (χ2n) is 11.5. The van der Waals surface area contributed by atoms with Gasteiger partial charge in [-0.3, -0.25) is 15.0 Å². The number of hydrogen-bond donors (Lipinski definition) is 1. The van der Waals surface area contributed by atoms with Crippen molar-refractivity contribution in [3.63, 3.8) is 0 Å². The highest BCUT2D eigenvalue weighted by atomic mass is 16.6. The molecule has 10 nitrogen and oxygen atoms in total. The summed E-state index contributed by atoms with van der Waals surface area (Å²) in [5, 5.41) is 14.6. The van der Waals surface area contributed by atoms with Gasteiger partial charge in [0.1, 0.15) is 0 Å². The second kappa shape index (κ2) is 12.1. The summed E-state index contributed by atoms with van der Waals surface area (Å²) in [5.41, 5.74) is 1.46. The van der Waals surface area contributed by atoms with Crippen LogP contribution < -0.4 is 5.32 Å². The van der Waals surface area contributed by atoms with E-state index < -0.39 is 22.8 Å². The maximum absolute atomic E-state index is 13.6. The third-order valence-electron chi connectivity index (χ3n) is 7.53. The van der Waals surface area contributed by atoms with Gasteiger partial charge in [0.15, 0.2) is 0 Å². The molecule has 10 heteroatoms. The second-order valence-corrected chi connectivity index (χ2v) is 11.5. The van der Waals surface area contributed by atoms with Gasteiger partial charge in [0.05, 0.1) is 62.4 Å². The number of rotatable bonds is 10. The fourth-order valence-electron chi connectivity index (χ4n) is 5.43. The summed E-state index contributed by atoms with van der Waals surface area (Å²) in [7, 11) is 3.51. The van der Waals surface area contributed by atoms with Crippen molar-refractivity contribution in [2.75, 3.05) is 60.0 Å². The number of dihydropyridines is 1. The van der Waals surface area contributed by atoms with Crippen LogP contribution in [0.2, 0.25) is 0 Å². The monoisotopic (exact) mass is 541 g/mol. The van der Waals surface area contributed by atoms with Crippen molar-refractivity contribution in [2.24, 2.45) is 5.41 Å². The Morgan fingerprint density at radius 3 is 2.38 bits per heavy atom. The number of hydrogen-bond acceptors (Lipinski definition) is 8. The summed E-state index contributed by atoms with van der Waals surface area (Å²) in [6.45, 7) is 17.3. The Morgan fingerprint density at radius 2 is 1.82 bits per heavy atom. The normalized spacial score (nSPS) is 19.8. The van der Waals surface area contributed by atoms with Gasteiger partial charge in [0.2, 0.25) is 0 Å². The minimum atomic E-state index is -0.878. The highest BCUT2D eigenvalue weighted by Gasteiger charge is 2.39. The van der Waals surface area contributed by atoms with Crippen LogP contribution in [0.1, 0.15) is 39.2 Å². The Bertz CT molecular complexity index is 1190. The molecule has 0 aliphatic carbocycles. The fourth-order valence-corrected chi connectivity index (χ4v) is 5.43. The lowest BCUT2D eigenvalue weighted by Gasteiger charge is -2.43. The average Bonchev–Trinajstić information content (AvgIpc) is 2.88. The molecule has 1 aromatic rings. The van der Waals surface area contributed by atoms with E-state index in [0.717, 1.165) is 43.8 Å². The number of benzene rings is 1. The minimum absolute atomic E-state index is 0.135. The van der Waals surface area contributed by atoms with Crippen LogP contribution in [0.3, 0.4) is 0 Å². The van der Waals surface area contributed by atoms with Crippen molar-refractivity contribution >= 4 is 17.6 Å². The van der Waals surface area contributed by atoms with Gasteiger partial charge in [0, 0.05) is 48.6 Å². The van der Waals surface area contributed by atoms with E-state index in [2.05, 4.69) is 37.7 Å². The molecule has 1 saturated heterocycles. The summed E-state index contributed by atoms with van der Waals surface area (Å²) in [5.74, 6) is -2.08. The molecule has 0 amide bonds. The number of methoxy groups -OCH3 is 1. The van der Waals surface area contributed by atoms with E-state index in [1.165, 1.54) is 19.2 Å². The average molecular weight is 542 g/mol. The van der Waals surface area contributed by atoms with E-state index in [-0.39, 0.29) is 28.9 Å².